The van der Waals surface area contributed by atoms with Crippen LogP contribution in [0.2, 0.25) is 0 Å². The monoisotopic (exact) mass is 402 g/mol. The lowest BCUT2D eigenvalue weighted by Gasteiger charge is -2.26. The summed E-state index contributed by atoms with van der Waals surface area (Å²) in [6, 6.07) is 17.6. The maximum absolute atomic E-state index is 11.6. The molecule has 0 saturated carbocycles. The zero-order valence-corrected chi connectivity index (χ0v) is 17.8. The minimum atomic E-state index is -3.34. The van der Waals surface area contributed by atoms with E-state index in [9.17, 15) is 8.42 Å². The number of hydrogen-bond acceptors (Lipinski definition) is 3. The summed E-state index contributed by atoms with van der Waals surface area (Å²) in [7, 11) is -3.34. The number of nitrogens with one attached hydrogen (secondary N) is 3. The van der Waals surface area contributed by atoms with E-state index in [-0.39, 0.29) is 5.41 Å². The minimum Gasteiger partial charge on any atom is -0.357 e. The van der Waals surface area contributed by atoms with Gasteiger partial charge in [-0.15, -0.1) is 0 Å². The Hall–Kier alpha value is -2.54. The molecule has 7 heteroatoms. The van der Waals surface area contributed by atoms with Gasteiger partial charge in [0.15, 0.2) is 5.96 Å². The van der Waals surface area contributed by atoms with E-state index in [1.165, 1.54) is 5.56 Å². The van der Waals surface area contributed by atoms with E-state index in [1.807, 2.05) is 37.3 Å². The molecule has 0 spiro atoms. The number of hydrogen-bond donors (Lipinski definition) is 3. The van der Waals surface area contributed by atoms with Crippen LogP contribution in [-0.4, -0.2) is 33.7 Å². The van der Waals surface area contributed by atoms with Crippen molar-refractivity contribution in [3.8, 4) is 0 Å². The molecule has 3 N–H and O–H groups in total. The zero-order valence-electron chi connectivity index (χ0n) is 17.0. The van der Waals surface area contributed by atoms with Crippen LogP contribution in [0.4, 0.5) is 5.69 Å². The summed E-state index contributed by atoms with van der Waals surface area (Å²) in [4.78, 5) is 4.63. The molecule has 2 aromatic carbocycles. The first kappa shape index (κ1) is 21.8. The third kappa shape index (κ3) is 6.88. The first-order chi connectivity index (χ1) is 13.2. The van der Waals surface area contributed by atoms with Gasteiger partial charge in [0.2, 0.25) is 10.0 Å². The van der Waals surface area contributed by atoms with Crippen LogP contribution in [0.25, 0.3) is 0 Å². The number of aliphatic imine (C=N–C) groups is 1. The molecule has 0 aromatic heterocycles. The Balaban J connectivity index is 2.11. The molecular weight excluding hydrogens is 372 g/mol. The number of para-hydroxylation sites is 1. The Bertz CT molecular complexity index is 894. The SMILES string of the molecule is CCNC(=NCc1ccccc1NS(C)(=O)=O)NCC(C)(C)c1ccccc1. The molecule has 6 nitrogen and oxygen atoms in total. The van der Waals surface area contributed by atoms with E-state index in [0.717, 1.165) is 18.4 Å². The van der Waals surface area contributed by atoms with Gasteiger partial charge in [-0.25, -0.2) is 13.4 Å². The Morgan fingerprint density at radius 3 is 2.29 bits per heavy atom. The molecule has 0 fully saturated rings. The van der Waals surface area contributed by atoms with Gasteiger partial charge in [0, 0.05) is 18.5 Å². The maximum Gasteiger partial charge on any atom is 0.229 e. The number of sulfonamides is 1. The van der Waals surface area contributed by atoms with E-state index in [0.29, 0.717) is 24.7 Å². The third-order valence-electron chi connectivity index (χ3n) is 4.32. The normalized spacial score (nSPS) is 12.5. The molecule has 0 atom stereocenters. The lowest BCUT2D eigenvalue weighted by molar-refractivity contribution is 0.508. The highest BCUT2D eigenvalue weighted by Gasteiger charge is 2.20. The Kier molecular flexibility index (Phi) is 7.45. The Labute approximate surface area is 168 Å². The van der Waals surface area contributed by atoms with Crippen molar-refractivity contribution in [3.05, 3.63) is 65.7 Å². The largest absolute Gasteiger partial charge is 0.357 e. The van der Waals surface area contributed by atoms with Crippen LogP contribution in [-0.2, 0) is 22.0 Å². The second-order valence-corrected chi connectivity index (χ2v) is 9.08. The van der Waals surface area contributed by atoms with Gasteiger partial charge in [-0.3, -0.25) is 4.72 Å². The summed E-state index contributed by atoms with van der Waals surface area (Å²) in [6.45, 7) is 8.19. The molecule has 0 radical (unpaired) electrons. The molecule has 0 aliphatic carbocycles. The smallest absolute Gasteiger partial charge is 0.229 e. The highest BCUT2D eigenvalue weighted by atomic mass is 32.2. The zero-order chi connectivity index (χ0) is 20.6. The molecule has 0 aliphatic rings. The van der Waals surface area contributed by atoms with Crippen molar-refractivity contribution in [3.63, 3.8) is 0 Å². The van der Waals surface area contributed by atoms with Crippen molar-refractivity contribution in [1.82, 2.24) is 10.6 Å². The fraction of sp³-hybridized carbons (Fsp3) is 0.381. The van der Waals surface area contributed by atoms with Gasteiger partial charge in [0.25, 0.3) is 0 Å². The Morgan fingerprint density at radius 1 is 1.00 bits per heavy atom. The van der Waals surface area contributed by atoms with E-state index in [4.69, 9.17) is 0 Å². The topological polar surface area (TPSA) is 82.6 Å². The van der Waals surface area contributed by atoms with Gasteiger partial charge < -0.3 is 10.6 Å². The molecule has 0 heterocycles. The summed E-state index contributed by atoms with van der Waals surface area (Å²) in [5.74, 6) is 0.695. The van der Waals surface area contributed by atoms with Gasteiger partial charge in [0.05, 0.1) is 18.5 Å². The maximum atomic E-state index is 11.6. The standard InChI is InChI=1S/C21H30N4O2S/c1-5-22-20(24-16-21(2,3)18-12-7-6-8-13-18)23-15-17-11-9-10-14-19(17)25-28(4,26)27/h6-14,25H,5,15-16H2,1-4H3,(H2,22,23,24). The first-order valence-corrected chi connectivity index (χ1v) is 11.2. The number of benzene rings is 2. The molecule has 0 saturated heterocycles. The summed E-state index contributed by atoms with van der Waals surface area (Å²) in [5, 5.41) is 6.64. The molecule has 28 heavy (non-hydrogen) atoms. The van der Waals surface area contributed by atoms with Crippen molar-refractivity contribution in [1.29, 1.82) is 0 Å². The van der Waals surface area contributed by atoms with Crippen LogP contribution in [0.3, 0.4) is 0 Å². The van der Waals surface area contributed by atoms with Crippen LogP contribution in [0.15, 0.2) is 59.6 Å². The van der Waals surface area contributed by atoms with Crippen LogP contribution < -0.4 is 15.4 Å². The average molecular weight is 403 g/mol. The molecule has 0 amide bonds. The highest BCUT2D eigenvalue weighted by molar-refractivity contribution is 7.92. The molecule has 0 unspecified atom stereocenters. The molecule has 152 valence electrons. The van der Waals surface area contributed by atoms with E-state index >= 15 is 0 Å². The van der Waals surface area contributed by atoms with Crippen molar-refractivity contribution in [2.75, 3.05) is 24.1 Å². The van der Waals surface area contributed by atoms with Gasteiger partial charge in [-0.05, 0) is 24.1 Å². The quantitative estimate of drug-likeness (QED) is 0.468. The third-order valence-corrected chi connectivity index (χ3v) is 4.91. The lowest BCUT2D eigenvalue weighted by Crippen LogP contribution is -2.43. The number of rotatable bonds is 8. The van der Waals surface area contributed by atoms with Gasteiger partial charge in [-0.1, -0.05) is 62.4 Å². The van der Waals surface area contributed by atoms with Crippen molar-refractivity contribution in [2.24, 2.45) is 4.99 Å². The summed E-state index contributed by atoms with van der Waals surface area (Å²) < 4.78 is 25.7. The molecular formula is C21H30N4O2S. The van der Waals surface area contributed by atoms with Crippen LogP contribution in [0.1, 0.15) is 31.9 Å². The number of guanidine groups is 1. The van der Waals surface area contributed by atoms with Crippen LogP contribution >= 0.6 is 0 Å². The molecule has 0 aliphatic heterocycles. The van der Waals surface area contributed by atoms with Gasteiger partial charge in [-0.2, -0.15) is 0 Å². The van der Waals surface area contributed by atoms with Crippen molar-refractivity contribution < 1.29 is 8.42 Å². The molecule has 2 rings (SSSR count). The second-order valence-electron chi connectivity index (χ2n) is 7.33. The van der Waals surface area contributed by atoms with Crippen molar-refractivity contribution >= 4 is 21.7 Å². The van der Waals surface area contributed by atoms with Crippen LogP contribution in [0.5, 0.6) is 0 Å². The number of nitrogens with zero attached hydrogens (tertiary/aromatic N) is 1. The summed E-state index contributed by atoms with van der Waals surface area (Å²) in [5.41, 5.74) is 2.55. The number of anilines is 1. The van der Waals surface area contributed by atoms with Crippen molar-refractivity contribution in [2.45, 2.75) is 32.7 Å². The summed E-state index contributed by atoms with van der Waals surface area (Å²) >= 11 is 0. The molecule has 2 aromatic rings. The lowest BCUT2D eigenvalue weighted by atomic mass is 9.85. The predicted molar refractivity (Wildman–Crippen MR) is 117 cm³/mol. The highest BCUT2D eigenvalue weighted by Crippen LogP contribution is 2.21. The van der Waals surface area contributed by atoms with E-state index < -0.39 is 10.0 Å². The fourth-order valence-electron chi connectivity index (χ4n) is 2.76. The Morgan fingerprint density at radius 2 is 1.64 bits per heavy atom. The first-order valence-electron chi connectivity index (χ1n) is 9.34. The predicted octanol–water partition coefficient (Wildman–Crippen LogP) is 3.09. The second kappa shape index (κ2) is 9.59. The van der Waals surface area contributed by atoms with Crippen LogP contribution in [0, 0.1) is 0 Å². The average Bonchev–Trinajstić information content (AvgIpc) is 2.64. The van der Waals surface area contributed by atoms with E-state index in [2.05, 4.69) is 46.3 Å². The fourth-order valence-corrected chi connectivity index (χ4v) is 3.36. The molecule has 0 bridgehead atoms. The minimum absolute atomic E-state index is 0.0623. The summed E-state index contributed by atoms with van der Waals surface area (Å²) in [6.07, 6.45) is 1.14. The van der Waals surface area contributed by atoms with Gasteiger partial charge >= 0.3 is 0 Å². The van der Waals surface area contributed by atoms with E-state index in [1.54, 1.807) is 12.1 Å². The van der Waals surface area contributed by atoms with Gasteiger partial charge in [0.1, 0.15) is 0 Å².